The molecule has 3 heteroatoms. The highest BCUT2D eigenvalue weighted by Crippen LogP contribution is 2.28. The maximum absolute atomic E-state index is 12.6. The molecule has 0 aliphatic heterocycles. The van der Waals surface area contributed by atoms with Crippen molar-refractivity contribution in [1.29, 1.82) is 0 Å². The van der Waals surface area contributed by atoms with Gasteiger partial charge < -0.3 is 0 Å². The first-order chi connectivity index (χ1) is 11.7. The molecule has 0 spiro atoms. The Bertz CT molecular complexity index is 1060. The van der Waals surface area contributed by atoms with Crippen LogP contribution in [-0.4, -0.2) is 5.78 Å². The highest BCUT2D eigenvalue weighted by atomic mass is 35.5. The molecule has 24 heavy (non-hydrogen) atoms. The molecule has 0 fully saturated rings. The molecule has 116 valence electrons. The number of carbonyl (C=O) groups is 1. The van der Waals surface area contributed by atoms with Crippen molar-refractivity contribution in [2.45, 2.75) is 6.54 Å². The van der Waals surface area contributed by atoms with Gasteiger partial charge in [0.25, 0.3) is 0 Å². The summed E-state index contributed by atoms with van der Waals surface area (Å²) in [6, 6.07) is 21.6. The minimum absolute atomic E-state index is 0.0899. The third-order valence-electron chi connectivity index (χ3n) is 4.23. The van der Waals surface area contributed by atoms with E-state index in [1.165, 1.54) is 0 Å². The number of pyridine rings is 1. The molecule has 1 heterocycles. The molecule has 0 aliphatic rings. The quantitative estimate of drug-likeness (QED) is 0.299. The normalized spacial score (nSPS) is 11.0. The van der Waals surface area contributed by atoms with Crippen molar-refractivity contribution in [3.8, 4) is 0 Å². The van der Waals surface area contributed by atoms with Crippen LogP contribution in [0.25, 0.3) is 21.5 Å². The Kier molecular flexibility index (Phi) is 3.75. The fourth-order valence-corrected chi connectivity index (χ4v) is 3.16. The van der Waals surface area contributed by atoms with E-state index >= 15 is 0 Å². The number of nitrogens with zero attached hydrogens (tertiary/aromatic N) is 1. The first-order valence-corrected chi connectivity index (χ1v) is 8.18. The van der Waals surface area contributed by atoms with Crippen molar-refractivity contribution in [3.05, 3.63) is 89.7 Å². The minimum Gasteiger partial charge on any atom is -0.287 e. The van der Waals surface area contributed by atoms with Gasteiger partial charge in [0.15, 0.2) is 12.4 Å². The molecule has 4 aromatic rings. The molecular formula is C21H15ClNO+. The number of halogens is 1. The second kappa shape index (κ2) is 6.06. The summed E-state index contributed by atoms with van der Waals surface area (Å²) < 4.78 is 1.88. The number of carbonyl (C=O) groups excluding carboxylic acids is 1. The molecule has 4 rings (SSSR count). The SMILES string of the molecule is O=C(C[n+]1ccccc1)c1ccc2ccc3ccc(Cl)cc3c2c1. The largest absolute Gasteiger partial charge is 0.287 e. The number of hydrogen-bond acceptors (Lipinski definition) is 1. The number of aromatic nitrogens is 1. The molecule has 2 nitrogen and oxygen atoms in total. The molecule has 0 saturated carbocycles. The third-order valence-corrected chi connectivity index (χ3v) is 4.46. The van der Waals surface area contributed by atoms with Gasteiger partial charge in [-0.1, -0.05) is 48.0 Å². The Hall–Kier alpha value is -2.71. The lowest BCUT2D eigenvalue weighted by molar-refractivity contribution is -0.683. The second-order valence-corrected chi connectivity index (χ2v) is 6.27. The Morgan fingerprint density at radius 2 is 1.46 bits per heavy atom. The zero-order valence-corrected chi connectivity index (χ0v) is 13.7. The minimum atomic E-state index is 0.0899. The van der Waals surface area contributed by atoms with Gasteiger partial charge in [-0.25, -0.2) is 0 Å². The van der Waals surface area contributed by atoms with Crippen molar-refractivity contribution in [3.63, 3.8) is 0 Å². The molecule has 0 atom stereocenters. The van der Waals surface area contributed by atoms with Crippen LogP contribution in [0.2, 0.25) is 5.02 Å². The molecular weight excluding hydrogens is 318 g/mol. The van der Waals surface area contributed by atoms with E-state index in [-0.39, 0.29) is 5.78 Å². The van der Waals surface area contributed by atoms with Crippen LogP contribution in [-0.2, 0) is 6.54 Å². The van der Waals surface area contributed by atoms with Crippen LogP contribution < -0.4 is 4.57 Å². The molecule has 0 unspecified atom stereocenters. The third kappa shape index (κ3) is 2.77. The monoisotopic (exact) mass is 332 g/mol. The standard InChI is InChI=1S/C21H15ClNO/c22-18-9-8-16-5-4-15-6-7-17(12-19(15)20(16)13-18)21(24)14-23-10-2-1-3-11-23/h1-13H,14H2/q+1. The molecule has 3 aromatic carbocycles. The van der Waals surface area contributed by atoms with Crippen molar-refractivity contribution >= 4 is 38.9 Å². The van der Waals surface area contributed by atoms with E-state index in [2.05, 4.69) is 12.1 Å². The van der Waals surface area contributed by atoms with Crippen molar-refractivity contribution in [2.75, 3.05) is 0 Å². The van der Waals surface area contributed by atoms with Crippen LogP contribution in [0, 0.1) is 0 Å². The van der Waals surface area contributed by atoms with Crippen LogP contribution in [0.4, 0.5) is 0 Å². The van der Waals surface area contributed by atoms with E-state index in [1.807, 2.05) is 71.6 Å². The fourth-order valence-electron chi connectivity index (χ4n) is 2.99. The molecule has 0 N–H and O–H groups in total. The number of fused-ring (bicyclic) bond motifs is 3. The highest BCUT2D eigenvalue weighted by Gasteiger charge is 2.13. The van der Waals surface area contributed by atoms with Crippen LogP contribution in [0.15, 0.2) is 79.1 Å². The number of rotatable bonds is 3. The van der Waals surface area contributed by atoms with E-state index in [4.69, 9.17) is 11.6 Å². The van der Waals surface area contributed by atoms with Crippen molar-refractivity contribution < 1.29 is 9.36 Å². The summed E-state index contributed by atoms with van der Waals surface area (Å²) in [5, 5.41) is 5.05. The van der Waals surface area contributed by atoms with Gasteiger partial charge in [0.05, 0.1) is 0 Å². The summed E-state index contributed by atoms with van der Waals surface area (Å²) in [5.74, 6) is 0.0899. The van der Waals surface area contributed by atoms with E-state index in [0.29, 0.717) is 17.1 Å². The predicted molar refractivity (Wildman–Crippen MR) is 97.4 cm³/mol. The lowest BCUT2D eigenvalue weighted by atomic mass is 9.98. The smallest absolute Gasteiger partial charge is 0.227 e. The zero-order valence-electron chi connectivity index (χ0n) is 12.9. The summed E-state index contributed by atoms with van der Waals surface area (Å²) >= 11 is 6.16. The average Bonchev–Trinajstić information content (AvgIpc) is 2.62. The number of hydrogen-bond donors (Lipinski definition) is 0. The van der Waals surface area contributed by atoms with Crippen LogP contribution in [0.1, 0.15) is 10.4 Å². The van der Waals surface area contributed by atoms with E-state index < -0.39 is 0 Å². The highest BCUT2D eigenvalue weighted by molar-refractivity contribution is 6.31. The first-order valence-electron chi connectivity index (χ1n) is 7.80. The Labute approximate surface area is 144 Å². The summed E-state index contributed by atoms with van der Waals surface area (Å²) in [5.41, 5.74) is 0.714. The van der Waals surface area contributed by atoms with E-state index in [0.717, 1.165) is 21.5 Å². The topological polar surface area (TPSA) is 20.9 Å². The van der Waals surface area contributed by atoms with Crippen LogP contribution in [0.3, 0.4) is 0 Å². The average molecular weight is 333 g/mol. The summed E-state index contributed by atoms with van der Waals surface area (Å²) in [6.07, 6.45) is 3.79. The van der Waals surface area contributed by atoms with Crippen molar-refractivity contribution in [2.24, 2.45) is 0 Å². The molecule has 0 aliphatic carbocycles. The van der Waals surface area contributed by atoms with Gasteiger partial charge in [-0.05, 0) is 39.7 Å². The Morgan fingerprint density at radius 3 is 2.21 bits per heavy atom. The number of benzene rings is 3. The zero-order chi connectivity index (χ0) is 16.5. The van der Waals surface area contributed by atoms with Gasteiger partial charge in [0.1, 0.15) is 0 Å². The van der Waals surface area contributed by atoms with E-state index in [9.17, 15) is 4.79 Å². The molecule has 0 saturated heterocycles. The van der Waals surface area contributed by atoms with Gasteiger partial charge in [0, 0.05) is 22.7 Å². The Morgan fingerprint density at radius 1 is 0.833 bits per heavy atom. The van der Waals surface area contributed by atoms with Gasteiger partial charge in [-0.3, -0.25) is 4.79 Å². The second-order valence-electron chi connectivity index (χ2n) is 5.84. The van der Waals surface area contributed by atoms with Crippen LogP contribution >= 0.6 is 11.6 Å². The predicted octanol–water partition coefficient (Wildman–Crippen LogP) is 4.82. The lowest BCUT2D eigenvalue weighted by Gasteiger charge is -2.06. The summed E-state index contributed by atoms with van der Waals surface area (Å²) in [6.45, 7) is 0.331. The van der Waals surface area contributed by atoms with Gasteiger partial charge in [-0.15, -0.1) is 0 Å². The fraction of sp³-hybridized carbons (Fsp3) is 0.0476. The van der Waals surface area contributed by atoms with Crippen LogP contribution in [0.5, 0.6) is 0 Å². The molecule has 0 bridgehead atoms. The number of ketones is 1. The molecule has 0 radical (unpaired) electrons. The number of Topliss-reactive ketones (excluding diaryl/α,β-unsaturated/α-hetero) is 1. The first kappa shape index (κ1) is 14.9. The summed E-state index contributed by atoms with van der Waals surface area (Å²) in [7, 11) is 0. The van der Waals surface area contributed by atoms with Gasteiger partial charge >= 0.3 is 0 Å². The molecule has 0 amide bonds. The maximum Gasteiger partial charge on any atom is 0.227 e. The lowest BCUT2D eigenvalue weighted by Crippen LogP contribution is -2.36. The Balaban J connectivity index is 1.80. The molecule has 1 aromatic heterocycles. The van der Waals surface area contributed by atoms with Gasteiger partial charge in [-0.2, -0.15) is 4.57 Å². The van der Waals surface area contributed by atoms with Gasteiger partial charge in [0.2, 0.25) is 12.3 Å². The summed E-state index contributed by atoms with van der Waals surface area (Å²) in [4.78, 5) is 12.6. The van der Waals surface area contributed by atoms with E-state index in [1.54, 1.807) is 0 Å². The van der Waals surface area contributed by atoms with Crippen molar-refractivity contribution in [1.82, 2.24) is 0 Å². The maximum atomic E-state index is 12.6.